The quantitative estimate of drug-likeness (QED) is 0.833. The molecular weight excluding hydrogens is 257 g/mol. The van der Waals surface area contributed by atoms with Gasteiger partial charge in [0, 0.05) is 13.2 Å². The maximum atomic E-state index is 14.2. The van der Waals surface area contributed by atoms with E-state index in [1.165, 1.54) is 13.5 Å². The van der Waals surface area contributed by atoms with Crippen molar-refractivity contribution < 1.29 is 13.9 Å². The van der Waals surface area contributed by atoms with E-state index in [0.29, 0.717) is 17.7 Å². The van der Waals surface area contributed by atoms with Crippen molar-refractivity contribution in [3.63, 3.8) is 0 Å². The molecule has 1 aromatic rings. The molecule has 0 aliphatic heterocycles. The minimum atomic E-state index is -0.254. The summed E-state index contributed by atoms with van der Waals surface area (Å²) in [6.45, 7) is 0. The summed E-state index contributed by atoms with van der Waals surface area (Å²) in [6, 6.07) is 5.51. The van der Waals surface area contributed by atoms with Gasteiger partial charge in [0.1, 0.15) is 0 Å². The highest BCUT2D eigenvalue weighted by atomic mass is 19.1. The summed E-state index contributed by atoms with van der Waals surface area (Å²) >= 11 is 0. The first kappa shape index (κ1) is 15.3. The van der Waals surface area contributed by atoms with Crippen molar-refractivity contribution in [3.8, 4) is 5.75 Å². The summed E-state index contributed by atoms with van der Waals surface area (Å²) < 4.78 is 24.9. The lowest BCUT2D eigenvalue weighted by molar-refractivity contribution is -0.0830. The summed E-state index contributed by atoms with van der Waals surface area (Å²) in [5, 5.41) is 3.29. The lowest BCUT2D eigenvalue weighted by atomic mass is 9.75. The molecule has 3 nitrogen and oxygen atoms in total. The highest BCUT2D eigenvalue weighted by Gasteiger charge is 2.38. The third kappa shape index (κ3) is 3.13. The molecule has 0 saturated heterocycles. The number of hydrogen-bond donors (Lipinski definition) is 1. The molecule has 1 aliphatic carbocycles. The first-order valence-corrected chi connectivity index (χ1v) is 7.18. The standard InChI is InChI=1S/C16H24FNO2/c1-18-13(11-16(20-3)8-5-9-16)10-12-6-4-7-14(19-2)15(12)17/h4,6-7,13,18H,5,8-11H2,1-3H3. The Morgan fingerprint density at radius 1 is 1.35 bits per heavy atom. The van der Waals surface area contributed by atoms with Crippen molar-refractivity contribution in [1.29, 1.82) is 0 Å². The molecule has 0 spiro atoms. The third-order valence-electron chi connectivity index (χ3n) is 4.45. The summed E-state index contributed by atoms with van der Waals surface area (Å²) in [7, 11) is 5.19. The van der Waals surface area contributed by atoms with Crippen molar-refractivity contribution in [2.75, 3.05) is 21.3 Å². The van der Waals surface area contributed by atoms with E-state index in [-0.39, 0.29) is 17.5 Å². The second kappa shape index (κ2) is 6.55. The zero-order valence-corrected chi connectivity index (χ0v) is 12.5. The molecule has 2 rings (SSSR count). The van der Waals surface area contributed by atoms with Crippen LogP contribution in [0.1, 0.15) is 31.2 Å². The predicted molar refractivity (Wildman–Crippen MR) is 77.7 cm³/mol. The highest BCUT2D eigenvalue weighted by Crippen LogP contribution is 2.39. The van der Waals surface area contributed by atoms with E-state index >= 15 is 0 Å². The summed E-state index contributed by atoms with van der Waals surface area (Å²) in [5.41, 5.74) is 0.678. The smallest absolute Gasteiger partial charge is 0.168 e. The molecule has 0 amide bonds. The van der Waals surface area contributed by atoms with Gasteiger partial charge in [0.05, 0.1) is 12.7 Å². The lowest BCUT2D eigenvalue weighted by Crippen LogP contribution is -2.45. The Kier molecular flexibility index (Phi) is 5.00. The first-order chi connectivity index (χ1) is 9.64. The number of nitrogens with one attached hydrogen (secondary N) is 1. The molecule has 1 atom stereocenters. The Bertz CT molecular complexity index is 441. The van der Waals surface area contributed by atoms with Crippen LogP contribution in [-0.2, 0) is 11.2 Å². The summed E-state index contributed by atoms with van der Waals surface area (Å²) in [4.78, 5) is 0. The van der Waals surface area contributed by atoms with E-state index in [1.807, 2.05) is 19.2 Å². The van der Waals surface area contributed by atoms with Gasteiger partial charge in [-0.25, -0.2) is 4.39 Å². The zero-order valence-electron chi connectivity index (χ0n) is 12.5. The largest absolute Gasteiger partial charge is 0.494 e. The van der Waals surface area contributed by atoms with E-state index in [1.54, 1.807) is 13.2 Å². The first-order valence-electron chi connectivity index (χ1n) is 7.18. The van der Waals surface area contributed by atoms with Crippen LogP contribution >= 0.6 is 0 Å². The topological polar surface area (TPSA) is 30.5 Å². The fourth-order valence-corrected chi connectivity index (χ4v) is 2.93. The Labute approximate surface area is 120 Å². The zero-order chi connectivity index (χ0) is 14.6. The van der Waals surface area contributed by atoms with Crippen LogP contribution in [0, 0.1) is 5.82 Å². The Morgan fingerprint density at radius 2 is 2.10 bits per heavy atom. The van der Waals surface area contributed by atoms with Crippen molar-refractivity contribution >= 4 is 0 Å². The fraction of sp³-hybridized carbons (Fsp3) is 0.625. The minimum Gasteiger partial charge on any atom is -0.494 e. The number of likely N-dealkylation sites (N-methyl/N-ethyl adjacent to an activating group) is 1. The van der Waals surface area contributed by atoms with Crippen molar-refractivity contribution in [2.45, 2.75) is 43.7 Å². The monoisotopic (exact) mass is 281 g/mol. The van der Waals surface area contributed by atoms with E-state index in [0.717, 1.165) is 19.3 Å². The number of methoxy groups -OCH3 is 2. The van der Waals surface area contributed by atoms with Gasteiger partial charge in [-0.05, 0) is 50.8 Å². The van der Waals surface area contributed by atoms with E-state index in [2.05, 4.69) is 5.32 Å². The number of halogens is 1. The van der Waals surface area contributed by atoms with Crippen LogP contribution in [0.5, 0.6) is 5.75 Å². The molecule has 1 saturated carbocycles. The highest BCUT2D eigenvalue weighted by molar-refractivity contribution is 5.31. The molecule has 1 aromatic carbocycles. The predicted octanol–water partition coefficient (Wildman–Crippen LogP) is 2.92. The van der Waals surface area contributed by atoms with Gasteiger partial charge in [-0.3, -0.25) is 0 Å². The second-order valence-corrected chi connectivity index (χ2v) is 5.57. The molecular formula is C16H24FNO2. The van der Waals surface area contributed by atoms with Crippen LogP contribution in [0.2, 0.25) is 0 Å². The van der Waals surface area contributed by atoms with Crippen LogP contribution in [-0.4, -0.2) is 32.9 Å². The minimum absolute atomic E-state index is 0.0109. The molecule has 1 N–H and O–H groups in total. The normalized spacial score (nSPS) is 18.4. The lowest BCUT2D eigenvalue weighted by Gasteiger charge is -2.42. The van der Waals surface area contributed by atoms with Crippen LogP contribution in [0.4, 0.5) is 4.39 Å². The number of ether oxygens (including phenoxy) is 2. The van der Waals surface area contributed by atoms with Gasteiger partial charge in [-0.15, -0.1) is 0 Å². The van der Waals surface area contributed by atoms with Gasteiger partial charge in [0.25, 0.3) is 0 Å². The third-order valence-corrected chi connectivity index (χ3v) is 4.45. The fourth-order valence-electron chi connectivity index (χ4n) is 2.93. The average Bonchev–Trinajstić information content (AvgIpc) is 2.43. The number of hydrogen-bond acceptors (Lipinski definition) is 3. The van der Waals surface area contributed by atoms with Gasteiger partial charge < -0.3 is 14.8 Å². The van der Waals surface area contributed by atoms with Gasteiger partial charge in [-0.1, -0.05) is 12.1 Å². The maximum absolute atomic E-state index is 14.2. The Balaban J connectivity index is 2.06. The molecule has 0 radical (unpaired) electrons. The second-order valence-electron chi connectivity index (χ2n) is 5.57. The van der Waals surface area contributed by atoms with E-state index in [9.17, 15) is 4.39 Å². The molecule has 112 valence electrons. The molecule has 1 aliphatic rings. The number of benzene rings is 1. The molecule has 0 bridgehead atoms. The molecule has 4 heteroatoms. The molecule has 0 heterocycles. The van der Waals surface area contributed by atoms with Crippen LogP contribution in [0.3, 0.4) is 0 Å². The van der Waals surface area contributed by atoms with Crippen molar-refractivity contribution in [3.05, 3.63) is 29.6 Å². The van der Waals surface area contributed by atoms with Crippen molar-refractivity contribution in [1.82, 2.24) is 5.32 Å². The molecule has 20 heavy (non-hydrogen) atoms. The maximum Gasteiger partial charge on any atom is 0.168 e. The SMILES string of the molecule is CNC(Cc1cccc(OC)c1F)CC1(OC)CCC1. The Morgan fingerprint density at radius 3 is 2.60 bits per heavy atom. The van der Waals surface area contributed by atoms with Gasteiger partial charge in [0.2, 0.25) is 0 Å². The van der Waals surface area contributed by atoms with Gasteiger partial charge >= 0.3 is 0 Å². The average molecular weight is 281 g/mol. The molecule has 0 aromatic heterocycles. The molecule has 1 unspecified atom stereocenters. The number of rotatable bonds is 7. The van der Waals surface area contributed by atoms with Crippen LogP contribution in [0.25, 0.3) is 0 Å². The van der Waals surface area contributed by atoms with E-state index < -0.39 is 0 Å². The van der Waals surface area contributed by atoms with Crippen molar-refractivity contribution in [2.24, 2.45) is 0 Å². The summed E-state index contributed by atoms with van der Waals surface area (Å²) in [5.74, 6) is 0.0535. The van der Waals surface area contributed by atoms with E-state index in [4.69, 9.17) is 9.47 Å². The van der Waals surface area contributed by atoms with Crippen LogP contribution < -0.4 is 10.1 Å². The van der Waals surface area contributed by atoms with Gasteiger partial charge in [-0.2, -0.15) is 0 Å². The van der Waals surface area contributed by atoms with Gasteiger partial charge in [0.15, 0.2) is 11.6 Å². The molecule has 1 fully saturated rings. The summed E-state index contributed by atoms with van der Waals surface area (Å²) in [6.07, 6.45) is 4.98. The van der Waals surface area contributed by atoms with Crippen LogP contribution in [0.15, 0.2) is 18.2 Å². The Hall–Kier alpha value is -1.13.